The smallest absolute Gasteiger partial charge is 0.270 e. The number of phenolic OH excluding ortho intramolecular Hbond substituents is 2. The van der Waals surface area contributed by atoms with Crippen molar-refractivity contribution in [2.75, 3.05) is 26.2 Å². The first-order valence-electron chi connectivity index (χ1n) is 16.3. The minimum absolute atomic E-state index is 0.00734. The van der Waals surface area contributed by atoms with Crippen LogP contribution >= 0.6 is 0 Å². The Balaban J connectivity index is 1.92. The molecule has 2 fully saturated rings. The molecule has 2 unspecified atom stereocenters. The van der Waals surface area contributed by atoms with E-state index in [4.69, 9.17) is 28.3 Å². The van der Waals surface area contributed by atoms with E-state index in [9.17, 15) is 44.1 Å². The number of guanidine groups is 1. The number of rotatable bonds is 10. The van der Waals surface area contributed by atoms with E-state index in [1.54, 1.807) is 0 Å². The van der Waals surface area contributed by atoms with Gasteiger partial charge in [-0.1, -0.05) is 6.07 Å². The number of phenols is 2. The van der Waals surface area contributed by atoms with Gasteiger partial charge in [-0.05, 0) is 43.5 Å². The first kappa shape index (κ1) is 40.7. The van der Waals surface area contributed by atoms with Crippen LogP contribution in [0.15, 0.2) is 30.1 Å². The molecule has 6 amide bonds. The maximum absolute atomic E-state index is 13.6. The Morgan fingerprint density at radius 3 is 2.35 bits per heavy atom. The van der Waals surface area contributed by atoms with Gasteiger partial charge in [0, 0.05) is 31.8 Å². The molecule has 286 valence electrons. The van der Waals surface area contributed by atoms with Crippen LogP contribution in [-0.4, -0.2) is 119 Å². The summed E-state index contributed by atoms with van der Waals surface area (Å²) in [5.41, 5.74) is 22.9. The summed E-state index contributed by atoms with van der Waals surface area (Å²) < 4.78 is 0. The van der Waals surface area contributed by atoms with Gasteiger partial charge in [0.25, 0.3) is 5.91 Å². The number of nitrogens with two attached hydrogens (primary N) is 4. The highest BCUT2D eigenvalue weighted by Crippen LogP contribution is 2.31. The number of benzene rings is 1. The lowest BCUT2D eigenvalue weighted by Gasteiger charge is -2.37. The molecule has 0 aromatic heterocycles. The largest absolute Gasteiger partial charge is 0.504 e. The average Bonchev–Trinajstić information content (AvgIpc) is 3.11. The predicted molar refractivity (Wildman–Crippen MR) is 183 cm³/mol. The highest BCUT2D eigenvalue weighted by Gasteiger charge is 2.38. The van der Waals surface area contributed by atoms with Gasteiger partial charge in [-0.15, -0.1) is 0 Å². The topological polar surface area (TPSA) is 387 Å². The molecule has 0 aliphatic carbocycles. The summed E-state index contributed by atoms with van der Waals surface area (Å²) in [7, 11) is 0. The van der Waals surface area contributed by atoms with Crippen LogP contribution in [0.4, 0.5) is 0 Å². The van der Waals surface area contributed by atoms with Crippen molar-refractivity contribution in [2.45, 2.75) is 68.0 Å². The number of nitrogens with one attached hydrogen (secondary N) is 9. The second kappa shape index (κ2) is 19.1. The zero-order valence-corrected chi connectivity index (χ0v) is 28.1. The van der Waals surface area contributed by atoms with Crippen LogP contribution < -0.4 is 65.5 Å². The number of carbonyl (C=O) groups is 6. The molecular formula is C30H47N13O9. The van der Waals surface area contributed by atoms with E-state index in [0.717, 1.165) is 6.20 Å². The van der Waals surface area contributed by atoms with Gasteiger partial charge in [-0.2, -0.15) is 0 Å². The molecule has 22 heteroatoms. The van der Waals surface area contributed by atoms with Crippen LogP contribution in [0, 0.1) is 5.41 Å². The third-order valence-corrected chi connectivity index (χ3v) is 8.19. The first-order chi connectivity index (χ1) is 24.7. The number of amides is 6. The Morgan fingerprint density at radius 1 is 0.981 bits per heavy atom. The Morgan fingerprint density at radius 2 is 1.69 bits per heavy atom. The molecule has 52 heavy (non-hydrogen) atoms. The van der Waals surface area contributed by atoms with Gasteiger partial charge in [0.05, 0.1) is 18.7 Å². The fraction of sp³-hybridized carbons (Fsp3) is 0.500. The third kappa shape index (κ3) is 11.4. The van der Waals surface area contributed by atoms with Crippen molar-refractivity contribution in [3.05, 3.63) is 35.7 Å². The van der Waals surface area contributed by atoms with Crippen LogP contribution in [0.1, 0.15) is 37.3 Å². The third-order valence-electron chi connectivity index (χ3n) is 8.19. The summed E-state index contributed by atoms with van der Waals surface area (Å²) in [6, 6.07) is -4.50. The Hall–Kier alpha value is -5.71. The molecule has 2 saturated heterocycles. The van der Waals surface area contributed by atoms with Crippen LogP contribution in [0.25, 0.3) is 0 Å². The minimum atomic E-state index is -1.63. The number of hydrogen-bond acceptors (Lipinski definition) is 14. The summed E-state index contributed by atoms with van der Waals surface area (Å²) in [5.74, 6) is -6.68. The lowest BCUT2D eigenvalue weighted by Crippen LogP contribution is -2.65. The highest BCUT2D eigenvalue weighted by atomic mass is 16.3. The quantitative estimate of drug-likeness (QED) is 0.0785. The van der Waals surface area contributed by atoms with E-state index in [-0.39, 0.29) is 24.6 Å². The second-order valence-corrected chi connectivity index (χ2v) is 12.2. The molecule has 3 rings (SSSR count). The van der Waals surface area contributed by atoms with Crippen molar-refractivity contribution in [2.24, 2.45) is 22.9 Å². The Kier molecular flexibility index (Phi) is 14.9. The van der Waals surface area contributed by atoms with Crippen molar-refractivity contribution in [3.63, 3.8) is 0 Å². The van der Waals surface area contributed by atoms with Gasteiger partial charge in [-0.3, -0.25) is 34.2 Å². The second-order valence-electron chi connectivity index (χ2n) is 12.2. The molecule has 1 aromatic rings. The summed E-state index contributed by atoms with van der Waals surface area (Å²) in [4.78, 5) is 79.1. The molecule has 0 bridgehead atoms. The minimum Gasteiger partial charge on any atom is -0.504 e. The zero-order valence-electron chi connectivity index (χ0n) is 28.1. The molecule has 0 spiro atoms. The van der Waals surface area contributed by atoms with Crippen molar-refractivity contribution < 1.29 is 44.1 Å². The lowest BCUT2D eigenvalue weighted by atomic mass is 9.92. The Labute approximate surface area is 297 Å². The van der Waals surface area contributed by atoms with Gasteiger partial charge < -0.3 is 80.8 Å². The van der Waals surface area contributed by atoms with Crippen LogP contribution in [0.5, 0.6) is 11.5 Å². The lowest BCUT2D eigenvalue weighted by molar-refractivity contribution is -0.134. The molecule has 22 nitrogen and oxygen atoms in total. The summed E-state index contributed by atoms with van der Waals surface area (Å²) >= 11 is 0. The van der Waals surface area contributed by atoms with Gasteiger partial charge in [0.15, 0.2) is 17.5 Å². The van der Waals surface area contributed by atoms with E-state index >= 15 is 0 Å². The molecule has 2 aliphatic rings. The van der Waals surface area contributed by atoms with E-state index in [1.807, 2.05) is 0 Å². The maximum atomic E-state index is 13.6. The van der Waals surface area contributed by atoms with E-state index in [0.29, 0.717) is 24.9 Å². The van der Waals surface area contributed by atoms with Crippen molar-refractivity contribution in [3.8, 4) is 11.5 Å². The Bertz CT molecular complexity index is 1540. The molecule has 1 aromatic carbocycles. The standard InChI is InChI=1S/C30H47N13O9/c31-5-1-2-14(33)7-23(47)36-11-19-27(50)38-18(9-32)26(49)43-24(29(52)37-10-15(34)25(48)40-20(12-44)28(51)39-19)17-8-16(41-30(35)42-17)13-3-4-21(45)22(46)6-13/h3-4,6,9,14-17,19-20,24,44-46H,1-2,5,7-8,10-12,31-34H2,(H,36,47)(H,37,52)(H,38,50)(H,39,51)(H,40,48)(H,43,49)(H3,35,41,42)/b18-9-/t14-,15-,16?,17?,19-,20-,24-/m0/s1. The number of aromatic hydroxyl groups is 2. The van der Waals surface area contributed by atoms with Crippen molar-refractivity contribution >= 4 is 41.4 Å². The fourth-order valence-electron chi connectivity index (χ4n) is 5.31. The number of hydrogen-bond donors (Lipinski definition) is 16. The van der Waals surface area contributed by atoms with Gasteiger partial charge in [0.2, 0.25) is 29.5 Å². The molecular weight excluding hydrogens is 686 g/mol. The van der Waals surface area contributed by atoms with Crippen LogP contribution in [0.2, 0.25) is 0 Å². The van der Waals surface area contributed by atoms with Crippen LogP contribution in [-0.2, 0) is 28.8 Å². The van der Waals surface area contributed by atoms with Gasteiger partial charge in [0.1, 0.15) is 29.9 Å². The number of aliphatic hydroxyl groups excluding tert-OH is 1. The molecule has 0 saturated carbocycles. The number of carbonyl (C=O) groups excluding carboxylic acids is 6. The zero-order chi connectivity index (χ0) is 38.5. The monoisotopic (exact) mass is 733 g/mol. The van der Waals surface area contributed by atoms with Crippen molar-refractivity contribution in [1.29, 1.82) is 5.41 Å². The van der Waals surface area contributed by atoms with Crippen LogP contribution in [0.3, 0.4) is 0 Å². The molecule has 2 aliphatic heterocycles. The van der Waals surface area contributed by atoms with Crippen molar-refractivity contribution in [1.82, 2.24) is 42.5 Å². The summed E-state index contributed by atoms with van der Waals surface area (Å²) in [6.45, 7) is -1.59. The molecule has 0 radical (unpaired) electrons. The molecule has 2 heterocycles. The van der Waals surface area contributed by atoms with Gasteiger partial charge in [-0.25, -0.2) is 0 Å². The highest BCUT2D eigenvalue weighted by molar-refractivity contribution is 6.02. The van der Waals surface area contributed by atoms with E-state index in [2.05, 4.69) is 42.5 Å². The predicted octanol–water partition coefficient (Wildman–Crippen LogP) is -6.58. The maximum Gasteiger partial charge on any atom is 0.270 e. The van der Waals surface area contributed by atoms with E-state index in [1.165, 1.54) is 18.2 Å². The summed E-state index contributed by atoms with van der Waals surface area (Å²) in [5, 5.41) is 57.7. The van der Waals surface area contributed by atoms with Gasteiger partial charge >= 0.3 is 0 Å². The van der Waals surface area contributed by atoms with E-state index < -0.39 is 109 Å². The average molecular weight is 734 g/mol. The normalized spacial score (nSPS) is 26.4. The SMILES string of the molecule is N=C1NC(c2ccc(O)c(O)c2)CC([C@@H]2NC(=O)/C(=C/N)NC(=O)[C@H](CNC(=O)C[C@@H](N)CCCN)NC(=O)[C@H](CO)NC(=O)[C@@H](N)CNC2=O)N1. The molecule has 20 N–H and O–H groups in total. The summed E-state index contributed by atoms with van der Waals surface area (Å²) in [6.07, 6.45) is 1.63. The first-order valence-corrected chi connectivity index (χ1v) is 16.3. The number of aliphatic hydroxyl groups is 1. The molecule has 7 atom stereocenters. The fourth-order valence-corrected chi connectivity index (χ4v) is 5.31.